The molecule has 7 heteroatoms. The fourth-order valence-electron chi connectivity index (χ4n) is 1.18. The van der Waals surface area contributed by atoms with Crippen molar-refractivity contribution >= 4 is 23.3 Å². The number of aliphatic carboxylic acids is 1. The summed E-state index contributed by atoms with van der Waals surface area (Å²) in [4.78, 5) is 20.2. The first-order valence-electron chi connectivity index (χ1n) is 4.25. The molecule has 0 aliphatic heterocycles. The molecule has 86 valence electrons. The van der Waals surface area contributed by atoms with Gasteiger partial charge in [0.25, 0.3) is 5.69 Å². The summed E-state index contributed by atoms with van der Waals surface area (Å²) in [5, 5.41) is 28.5. The van der Waals surface area contributed by atoms with Gasteiger partial charge in [-0.25, -0.2) is 0 Å². The predicted octanol–water partition coefficient (Wildman–Crippen LogP) is 1.76. The van der Waals surface area contributed by atoms with Crippen molar-refractivity contribution in [3.05, 3.63) is 38.9 Å². The highest BCUT2D eigenvalue weighted by Crippen LogP contribution is 2.28. The number of aliphatic hydroxyl groups is 1. The quantitative estimate of drug-likeness (QED) is 0.622. The number of nitro benzene ring substituents is 1. The second-order valence-corrected chi connectivity index (χ2v) is 3.48. The average molecular weight is 246 g/mol. The van der Waals surface area contributed by atoms with Crippen molar-refractivity contribution in [2.24, 2.45) is 0 Å². The Kier molecular flexibility index (Phi) is 3.81. The molecule has 0 amide bonds. The Morgan fingerprint density at radius 3 is 2.69 bits per heavy atom. The maximum Gasteiger partial charge on any atom is 0.306 e. The van der Waals surface area contributed by atoms with Crippen molar-refractivity contribution in [2.45, 2.75) is 12.5 Å². The second kappa shape index (κ2) is 4.91. The van der Waals surface area contributed by atoms with Crippen LogP contribution in [0.1, 0.15) is 18.1 Å². The van der Waals surface area contributed by atoms with Crippen molar-refractivity contribution in [3.63, 3.8) is 0 Å². The van der Waals surface area contributed by atoms with Gasteiger partial charge in [-0.05, 0) is 6.07 Å². The molecule has 0 spiro atoms. The van der Waals surface area contributed by atoms with E-state index in [0.717, 1.165) is 6.07 Å². The third kappa shape index (κ3) is 2.91. The number of nitrogens with zero attached hydrogens (tertiary/aromatic N) is 1. The van der Waals surface area contributed by atoms with Crippen LogP contribution in [0.3, 0.4) is 0 Å². The van der Waals surface area contributed by atoms with E-state index in [2.05, 4.69) is 0 Å². The van der Waals surface area contributed by atoms with Crippen LogP contribution in [0.4, 0.5) is 5.69 Å². The molecule has 0 radical (unpaired) electrons. The maximum atomic E-state index is 10.5. The van der Waals surface area contributed by atoms with Crippen LogP contribution in [0.15, 0.2) is 18.2 Å². The molecule has 0 saturated heterocycles. The Morgan fingerprint density at radius 1 is 1.56 bits per heavy atom. The zero-order valence-corrected chi connectivity index (χ0v) is 8.72. The number of carbonyl (C=O) groups is 1. The number of carboxylic acid groups (broad SMARTS) is 1. The molecule has 1 aromatic carbocycles. The second-order valence-electron chi connectivity index (χ2n) is 3.08. The van der Waals surface area contributed by atoms with E-state index in [-0.39, 0.29) is 16.3 Å². The Balaban J connectivity index is 3.06. The minimum atomic E-state index is -1.36. The molecule has 0 aromatic heterocycles. The number of carboxylic acids is 1. The van der Waals surface area contributed by atoms with Gasteiger partial charge in [-0.1, -0.05) is 11.6 Å². The lowest BCUT2D eigenvalue weighted by Crippen LogP contribution is -2.06. The Labute approximate surface area is 95.2 Å². The monoisotopic (exact) mass is 245 g/mol. The number of rotatable bonds is 4. The molecular formula is C9H8ClNO5. The lowest BCUT2D eigenvalue weighted by molar-refractivity contribution is -0.385. The Morgan fingerprint density at radius 2 is 2.19 bits per heavy atom. The molecule has 16 heavy (non-hydrogen) atoms. The summed E-state index contributed by atoms with van der Waals surface area (Å²) < 4.78 is 0. The van der Waals surface area contributed by atoms with E-state index in [9.17, 15) is 20.0 Å². The van der Waals surface area contributed by atoms with Crippen molar-refractivity contribution in [1.82, 2.24) is 0 Å². The lowest BCUT2D eigenvalue weighted by atomic mass is 10.1. The summed E-state index contributed by atoms with van der Waals surface area (Å²) in [6, 6.07) is 3.50. The Bertz CT molecular complexity index is 434. The lowest BCUT2D eigenvalue weighted by Gasteiger charge is -2.09. The molecule has 0 aliphatic rings. The molecule has 1 atom stereocenters. The van der Waals surface area contributed by atoms with Crippen LogP contribution in [-0.4, -0.2) is 21.1 Å². The number of benzene rings is 1. The van der Waals surface area contributed by atoms with E-state index in [4.69, 9.17) is 16.7 Å². The fraction of sp³-hybridized carbons (Fsp3) is 0.222. The molecule has 1 unspecified atom stereocenters. The summed E-state index contributed by atoms with van der Waals surface area (Å²) in [5.74, 6) is -1.21. The largest absolute Gasteiger partial charge is 0.481 e. The van der Waals surface area contributed by atoms with Crippen LogP contribution in [0.25, 0.3) is 0 Å². The predicted molar refractivity (Wildman–Crippen MR) is 55.3 cm³/mol. The van der Waals surface area contributed by atoms with Gasteiger partial charge in [-0.15, -0.1) is 0 Å². The topological polar surface area (TPSA) is 101 Å². The molecule has 0 fully saturated rings. The standard InChI is InChI=1S/C9H8ClNO5/c10-7-2-1-5(11(15)16)3-6(7)8(12)4-9(13)14/h1-3,8,12H,4H2,(H,13,14). The molecule has 1 rings (SSSR count). The normalized spacial score (nSPS) is 12.1. The highest BCUT2D eigenvalue weighted by Gasteiger charge is 2.18. The number of hydrogen-bond acceptors (Lipinski definition) is 4. The van der Waals surface area contributed by atoms with Crippen LogP contribution in [-0.2, 0) is 4.79 Å². The van der Waals surface area contributed by atoms with E-state index in [0.29, 0.717) is 0 Å². The van der Waals surface area contributed by atoms with E-state index in [1.54, 1.807) is 0 Å². The minimum Gasteiger partial charge on any atom is -0.481 e. The number of aliphatic hydroxyl groups excluding tert-OH is 1. The van der Waals surface area contributed by atoms with E-state index >= 15 is 0 Å². The molecule has 6 nitrogen and oxygen atoms in total. The van der Waals surface area contributed by atoms with Gasteiger partial charge < -0.3 is 10.2 Å². The van der Waals surface area contributed by atoms with Crippen LogP contribution < -0.4 is 0 Å². The van der Waals surface area contributed by atoms with Crippen molar-refractivity contribution in [3.8, 4) is 0 Å². The van der Waals surface area contributed by atoms with Gasteiger partial charge in [-0.2, -0.15) is 0 Å². The fourth-order valence-corrected chi connectivity index (χ4v) is 1.42. The van der Waals surface area contributed by atoms with Crippen LogP contribution >= 0.6 is 11.6 Å². The average Bonchev–Trinajstić information content (AvgIpc) is 2.16. The first-order chi connectivity index (χ1) is 7.41. The molecular weight excluding hydrogens is 238 g/mol. The first kappa shape index (κ1) is 12.4. The summed E-state index contributed by atoms with van der Waals surface area (Å²) in [6.45, 7) is 0. The van der Waals surface area contributed by atoms with Gasteiger partial charge in [0.05, 0.1) is 17.4 Å². The number of hydrogen-bond donors (Lipinski definition) is 2. The van der Waals surface area contributed by atoms with Gasteiger partial charge in [0.1, 0.15) is 0 Å². The SMILES string of the molecule is O=C(O)CC(O)c1cc([N+](=O)[O-])ccc1Cl. The highest BCUT2D eigenvalue weighted by molar-refractivity contribution is 6.31. The molecule has 2 N–H and O–H groups in total. The molecule has 0 aliphatic carbocycles. The van der Waals surface area contributed by atoms with Crippen molar-refractivity contribution < 1.29 is 19.9 Å². The molecule has 1 aromatic rings. The smallest absolute Gasteiger partial charge is 0.306 e. The Hall–Kier alpha value is -1.66. The number of nitro groups is 1. The van der Waals surface area contributed by atoms with Gasteiger partial charge >= 0.3 is 5.97 Å². The zero-order valence-electron chi connectivity index (χ0n) is 7.96. The highest BCUT2D eigenvalue weighted by atomic mass is 35.5. The summed E-state index contributed by atoms with van der Waals surface area (Å²) in [5.41, 5.74) is -0.206. The van der Waals surface area contributed by atoms with Gasteiger partial charge in [0.15, 0.2) is 0 Å². The molecule has 0 heterocycles. The third-order valence-corrected chi connectivity index (χ3v) is 2.26. The zero-order chi connectivity index (χ0) is 12.3. The maximum absolute atomic E-state index is 10.5. The van der Waals surface area contributed by atoms with Crippen LogP contribution in [0.5, 0.6) is 0 Å². The van der Waals surface area contributed by atoms with Gasteiger partial charge in [0.2, 0.25) is 0 Å². The van der Waals surface area contributed by atoms with E-state index in [1.165, 1.54) is 12.1 Å². The molecule has 0 bridgehead atoms. The van der Waals surface area contributed by atoms with Crippen LogP contribution in [0, 0.1) is 10.1 Å². The summed E-state index contributed by atoms with van der Waals surface area (Å²) in [7, 11) is 0. The third-order valence-electron chi connectivity index (χ3n) is 1.92. The first-order valence-corrected chi connectivity index (χ1v) is 4.63. The summed E-state index contributed by atoms with van der Waals surface area (Å²) in [6.07, 6.45) is -1.91. The summed E-state index contributed by atoms with van der Waals surface area (Å²) >= 11 is 5.70. The van der Waals surface area contributed by atoms with Crippen LogP contribution in [0.2, 0.25) is 5.02 Å². The van der Waals surface area contributed by atoms with Gasteiger partial charge in [-0.3, -0.25) is 14.9 Å². The number of halogens is 1. The minimum absolute atomic E-state index is 0.0401. The van der Waals surface area contributed by atoms with E-state index < -0.39 is 23.4 Å². The van der Waals surface area contributed by atoms with Gasteiger partial charge in [0, 0.05) is 22.7 Å². The van der Waals surface area contributed by atoms with E-state index in [1.807, 2.05) is 0 Å². The van der Waals surface area contributed by atoms with Crippen molar-refractivity contribution in [1.29, 1.82) is 0 Å². The molecule has 0 saturated carbocycles. The van der Waals surface area contributed by atoms with Crippen molar-refractivity contribution in [2.75, 3.05) is 0 Å². The number of non-ortho nitro benzene ring substituents is 1.